The van der Waals surface area contributed by atoms with Gasteiger partial charge in [0.25, 0.3) is 0 Å². The van der Waals surface area contributed by atoms with Crippen molar-refractivity contribution >= 4 is 27.3 Å². The summed E-state index contributed by atoms with van der Waals surface area (Å²) in [5.41, 5.74) is 0.538. The molecule has 0 radical (unpaired) electrons. The van der Waals surface area contributed by atoms with E-state index in [9.17, 15) is 22.7 Å². The van der Waals surface area contributed by atoms with E-state index in [0.29, 0.717) is 10.4 Å². The molecule has 2 aromatic heterocycles. The van der Waals surface area contributed by atoms with Crippen LogP contribution in [-0.4, -0.2) is 41.7 Å². The van der Waals surface area contributed by atoms with Crippen molar-refractivity contribution in [3.05, 3.63) is 65.0 Å². The molecule has 152 valence electrons. The van der Waals surface area contributed by atoms with Crippen LogP contribution in [-0.2, 0) is 23.0 Å². The Bertz CT molecular complexity index is 1160. The summed E-state index contributed by atoms with van der Waals surface area (Å²) in [4.78, 5) is 16.1. The third kappa shape index (κ3) is 4.29. The monoisotopic (exact) mass is 436 g/mol. The molecule has 0 aliphatic carbocycles. The van der Waals surface area contributed by atoms with Gasteiger partial charge in [0.2, 0.25) is 15.8 Å². The number of sulfone groups is 1. The quantitative estimate of drug-likeness (QED) is 0.574. The van der Waals surface area contributed by atoms with Crippen LogP contribution in [0.3, 0.4) is 0 Å². The summed E-state index contributed by atoms with van der Waals surface area (Å²) in [6.45, 7) is -0.381. The molecule has 0 atom stereocenters. The highest BCUT2D eigenvalue weighted by molar-refractivity contribution is 7.93. The third-order valence-electron chi connectivity index (χ3n) is 4.15. The summed E-state index contributed by atoms with van der Waals surface area (Å²) in [6, 6.07) is 10.2. The van der Waals surface area contributed by atoms with Crippen LogP contribution in [0.4, 0.5) is 9.18 Å². The van der Waals surface area contributed by atoms with Crippen LogP contribution in [0, 0.1) is 5.95 Å². The van der Waals surface area contributed by atoms with Crippen LogP contribution in [0.5, 0.6) is 0 Å². The van der Waals surface area contributed by atoms with Gasteiger partial charge in [-0.25, -0.2) is 18.2 Å². The number of rotatable bonds is 6. The maximum absolute atomic E-state index is 14.3. The number of carboxylic acid groups (broad SMARTS) is 1. The molecule has 7 nitrogen and oxygen atoms in total. The zero-order chi connectivity index (χ0) is 21.2. The maximum Gasteiger partial charge on any atom is 0.407 e. The predicted molar refractivity (Wildman–Crippen MR) is 105 cm³/mol. The average molecular weight is 436 g/mol. The molecule has 2 heterocycles. The molecule has 0 unspecified atom stereocenters. The van der Waals surface area contributed by atoms with Crippen molar-refractivity contribution in [1.29, 1.82) is 0 Å². The minimum Gasteiger partial charge on any atom is -0.465 e. The number of carbonyl (C=O) groups is 1. The molecule has 3 aromatic rings. The topological polar surface area (TPSA) is 108 Å². The van der Waals surface area contributed by atoms with Crippen LogP contribution in [0.25, 0.3) is 11.1 Å². The van der Waals surface area contributed by atoms with E-state index in [1.807, 2.05) is 0 Å². The van der Waals surface area contributed by atoms with Crippen molar-refractivity contribution in [3.8, 4) is 11.1 Å². The van der Waals surface area contributed by atoms with E-state index < -0.39 is 21.9 Å². The summed E-state index contributed by atoms with van der Waals surface area (Å²) in [7, 11) is -2.70. The first-order chi connectivity index (χ1) is 13.7. The maximum atomic E-state index is 14.3. The summed E-state index contributed by atoms with van der Waals surface area (Å²) >= 11 is 0.874. The molecule has 0 aliphatic rings. The van der Waals surface area contributed by atoms with E-state index in [1.165, 1.54) is 49.6 Å². The molecule has 0 saturated heterocycles. The van der Waals surface area contributed by atoms with Gasteiger partial charge in [0, 0.05) is 29.2 Å². The van der Waals surface area contributed by atoms with E-state index in [-0.39, 0.29) is 33.4 Å². The second-order valence-electron chi connectivity index (χ2n) is 6.20. The van der Waals surface area contributed by atoms with Gasteiger partial charge in [-0.05, 0) is 35.9 Å². The van der Waals surface area contributed by atoms with Crippen LogP contribution >= 0.6 is 11.3 Å². The van der Waals surface area contributed by atoms with Gasteiger partial charge in [0.1, 0.15) is 4.21 Å². The lowest BCUT2D eigenvalue weighted by molar-refractivity contribution is 0.154. The second-order valence-corrected chi connectivity index (χ2v) is 9.48. The summed E-state index contributed by atoms with van der Waals surface area (Å²) < 4.78 is 40.8. The Morgan fingerprint density at radius 2 is 1.97 bits per heavy atom. The SMILES string of the molecule is CN(Cc1cc(-c2cccnc2F)c(S(=O)(=O)c2cccc(CO)c2)s1)C(=O)O. The Labute approximate surface area is 170 Å². The number of pyridine rings is 1. The standard InChI is InChI=1S/C19H17FN2O5S2/c1-22(19(24)25)10-13-9-16(15-6-3-7-21-17(15)20)18(28-13)29(26,27)14-5-2-4-12(8-14)11-23/h2-9,23H,10-11H2,1H3,(H,24,25). The number of nitrogens with zero attached hydrogens (tertiary/aromatic N) is 2. The average Bonchev–Trinajstić information content (AvgIpc) is 3.12. The fourth-order valence-corrected chi connectivity index (χ4v) is 5.93. The number of thiophene rings is 1. The minimum absolute atomic E-state index is 0.00451. The third-order valence-corrected chi connectivity index (χ3v) is 7.56. The van der Waals surface area contributed by atoms with Crippen LogP contribution in [0.15, 0.2) is 57.8 Å². The van der Waals surface area contributed by atoms with Crippen molar-refractivity contribution in [3.63, 3.8) is 0 Å². The number of aromatic nitrogens is 1. The minimum atomic E-state index is -4.06. The number of halogens is 1. The van der Waals surface area contributed by atoms with Gasteiger partial charge < -0.3 is 15.1 Å². The van der Waals surface area contributed by atoms with Gasteiger partial charge in [-0.3, -0.25) is 0 Å². The molecule has 0 saturated carbocycles. The second kappa shape index (κ2) is 8.27. The first-order valence-electron chi connectivity index (χ1n) is 8.36. The highest BCUT2D eigenvalue weighted by Gasteiger charge is 2.27. The van der Waals surface area contributed by atoms with Crippen LogP contribution in [0.1, 0.15) is 10.4 Å². The van der Waals surface area contributed by atoms with Crippen molar-refractivity contribution in [1.82, 2.24) is 9.88 Å². The van der Waals surface area contributed by atoms with E-state index in [0.717, 1.165) is 16.2 Å². The lowest BCUT2D eigenvalue weighted by Gasteiger charge is -2.10. The summed E-state index contributed by atoms with van der Waals surface area (Å²) in [6.07, 6.45) is 0.0796. The molecule has 0 aliphatic heterocycles. The van der Waals surface area contributed by atoms with Gasteiger partial charge in [0.05, 0.1) is 18.0 Å². The molecule has 0 spiro atoms. The summed E-state index contributed by atoms with van der Waals surface area (Å²) in [5, 5.41) is 18.4. The Hall–Kier alpha value is -2.82. The number of benzene rings is 1. The molecular formula is C19H17FN2O5S2. The molecule has 1 aromatic carbocycles. The predicted octanol–water partition coefficient (Wildman–Crippen LogP) is 3.38. The number of aliphatic hydroxyl groups is 1. The van der Waals surface area contributed by atoms with Gasteiger partial charge in [-0.1, -0.05) is 12.1 Å². The Balaban J connectivity index is 2.19. The number of amides is 1. The highest BCUT2D eigenvalue weighted by atomic mass is 32.2. The Morgan fingerprint density at radius 3 is 2.62 bits per heavy atom. The smallest absolute Gasteiger partial charge is 0.407 e. The van der Waals surface area contributed by atoms with Crippen molar-refractivity contribution in [2.24, 2.45) is 0 Å². The van der Waals surface area contributed by atoms with E-state index in [4.69, 9.17) is 5.11 Å². The zero-order valence-electron chi connectivity index (χ0n) is 15.2. The van der Waals surface area contributed by atoms with Crippen LogP contribution < -0.4 is 0 Å². The lowest BCUT2D eigenvalue weighted by Crippen LogP contribution is -2.23. The van der Waals surface area contributed by atoms with E-state index >= 15 is 0 Å². The lowest BCUT2D eigenvalue weighted by atomic mass is 10.1. The molecule has 0 fully saturated rings. The number of aliphatic hydroxyl groups excluding tert-OH is 1. The highest BCUT2D eigenvalue weighted by Crippen LogP contribution is 2.39. The van der Waals surface area contributed by atoms with Crippen molar-refractivity contribution in [2.45, 2.75) is 22.3 Å². The molecule has 1 amide bonds. The fourth-order valence-electron chi connectivity index (χ4n) is 2.70. The normalized spacial score (nSPS) is 11.4. The molecular weight excluding hydrogens is 419 g/mol. The zero-order valence-corrected chi connectivity index (χ0v) is 16.9. The van der Waals surface area contributed by atoms with Gasteiger partial charge in [-0.15, -0.1) is 11.3 Å². The number of hydrogen-bond donors (Lipinski definition) is 2. The molecule has 3 rings (SSSR count). The van der Waals surface area contributed by atoms with Crippen molar-refractivity contribution < 1.29 is 27.8 Å². The van der Waals surface area contributed by atoms with Gasteiger partial charge in [-0.2, -0.15) is 4.39 Å². The molecule has 10 heteroatoms. The van der Waals surface area contributed by atoms with Gasteiger partial charge in [0.15, 0.2) is 0 Å². The van der Waals surface area contributed by atoms with Crippen molar-refractivity contribution in [2.75, 3.05) is 7.05 Å². The first kappa shape index (κ1) is 20.9. The Kier molecular flexibility index (Phi) is 5.96. The Morgan fingerprint density at radius 1 is 1.21 bits per heavy atom. The fraction of sp³-hybridized carbons (Fsp3) is 0.158. The van der Waals surface area contributed by atoms with Gasteiger partial charge >= 0.3 is 6.09 Å². The van der Waals surface area contributed by atoms with E-state index in [2.05, 4.69) is 4.98 Å². The number of hydrogen-bond acceptors (Lipinski definition) is 6. The van der Waals surface area contributed by atoms with Crippen LogP contribution in [0.2, 0.25) is 0 Å². The largest absolute Gasteiger partial charge is 0.465 e. The van der Waals surface area contributed by atoms with E-state index in [1.54, 1.807) is 6.07 Å². The summed E-state index contributed by atoms with van der Waals surface area (Å²) in [5.74, 6) is -0.830. The molecule has 29 heavy (non-hydrogen) atoms. The molecule has 2 N–H and O–H groups in total. The first-order valence-corrected chi connectivity index (χ1v) is 10.7. The molecule has 0 bridgehead atoms.